The molecule has 3 N–H and O–H groups in total. The molecule has 2 atom stereocenters. The van der Waals surface area contributed by atoms with Crippen molar-refractivity contribution < 1.29 is 10.2 Å². The van der Waals surface area contributed by atoms with E-state index in [9.17, 15) is 10.2 Å². The van der Waals surface area contributed by atoms with Crippen LogP contribution in [0.3, 0.4) is 0 Å². The Balaban J connectivity index is 2.04. The average molecular weight is 223 g/mol. The van der Waals surface area contributed by atoms with Gasteiger partial charge in [0, 0.05) is 38.4 Å². The molecular weight excluding hydrogens is 206 g/mol. The van der Waals surface area contributed by atoms with Gasteiger partial charge >= 0.3 is 0 Å². The minimum absolute atomic E-state index is 0.513. The first-order chi connectivity index (χ1) is 7.70. The molecule has 16 heavy (non-hydrogen) atoms. The molecule has 1 fully saturated rings. The molecule has 5 nitrogen and oxygen atoms in total. The highest BCUT2D eigenvalue weighted by molar-refractivity contribution is 5.42. The van der Waals surface area contributed by atoms with Crippen molar-refractivity contribution in [3.8, 4) is 0 Å². The molecule has 88 valence electrons. The van der Waals surface area contributed by atoms with Crippen molar-refractivity contribution in [3.63, 3.8) is 0 Å². The van der Waals surface area contributed by atoms with E-state index >= 15 is 0 Å². The minimum Gasteiger partial charge on any atom is -0.389 e. The molecule has 0 spiro atoms. The van der Waals surface area contributed by atoms with Crippen molar-refractivity contribution in [3.05, 3.63) is 23.9 Å². The zero-order valence-corrected chi connectivity index (χ0v) is 9.30. The summed E-state index contributed by atoms with van der Waals surface area (Å²) in [5.41, 5.74) is 1.08. The van der Waals surface area contributed by atoms with Gasteiger partial charge in [-0.25, -0.2) is 4.98 Å². The highest BCUT2D eigenvalue weighted by atomic mass is 16.3. The number of β-amino-alcohol motifs (C(OH)–C–C–N with tert-alkyl or cyclic N) is 2. The summed E-state index contributed by atoms with van der Waals surface area (Å²) < 4.78 is 0. The first-order valence-electron chi connectivity index (χ1n) is 5.41. The molecule has 2 rings (SSSR count). The molecule has 0 saturated carbocycles. The van der Waals surface area contributed by atoms with Gasteiger partial charge < -0.3 is 15.5 Å². The van der Waals surface area contributed by atoms with Crippen LogP contribution < -0.4 is 5.32 Å². The molecule has 5 heteroatoms. The topological polar surface area (TPSA) is 68.6 Å². The van der Waals surface area contributed by atoms with Gasteiger partial charge in [-0.2, -0.15) is 0 Å². The van der Waals surface area contributed by atoms with Gasteiger partial charge in [-0.1, -0.05) is 6.07 Å². The van der Waals surface area contributed by atoms with Crippen LogP contribution in [0.5, 0.6) is 0 Å². The molecule has 0 radical (unpaired) electrons. The number of aromatic nitrogens is 1. The molecule has 2 unspecified atom stereocenters. The highest BCUT2D eigenvalue weighted by Gasteiger charge is 2.29. The third-order valence-corrected chi connectivity index (χ3v) is 2.86. The van der Waals surface area contributed by atoms with Crippen molar-refractivity contribution in [1.29, 1.82) is 0 Å². The molecule has 0 aliphatic carbocycles. The van der Waals surface area contributed by atoms with Gasteiger partial charge in [-0.3, -0.25) is 4.90 Å². The van der Waals surface area contributed by atoms with Gasteiger partial charge in [0.05, 0.1) is 12.2 Å². The first kappa shape index (κ1) is 11.3. The van der Waals surface area contributed by atoms with Crippen LogP contribution in [0.4, 0.5) is 5.82 Å². The molecule has 1 aliphatic rings. The van der Waals surface area contributed by atoms with Gasteiger partial charge in [-0.15, -0.1) is 0 Å². The van der Waals surface area contributed by atoms with Crippen molar-refractivity contribution in [1.82, 2.24) is 9.88 Å². The first-order valence-corrected chi connectivity index (χ1v) is 5.41. The van der Waals surface area contributed by atoms with E-state index in [1.807, 2.05) is 24.1 Å². The lowest BCUT2D eigenvalue weighted by Gasteiger charge is -2.16. The Morgan fingerprint density at radius 1 is 1.44 bits per heavy atom. The van der Waals surface area contributed by atoms with Crippen molar-refractivity contribution in [2.45, 2.75) is 18.8 Å². The average Bonchev–Trinajstić information content (AvgIpc) is 2.59. The fourth-order valence-electron chi connectivity index (χ4n) is 2.01. The van der Waals surface area contributed by atoms with Crippen LogP contribution in [0.25, 0.3) is 0 Å². The summed E-state index contributed by atoms with van der Waals surface area (Å²) in [7, 11) is 1.83. The lowest BCUT2D eigenvalue weighted by atomic mass is 10.2. The predicted octanol–water partition coefficient (Wildman–Crippen LogP) is -0.339. The Bertz CT molecular complexity index is 349. The van der Waals surface area contributed by atoms with Crippen molar-refractivity contribution >= 4 is 5.82 Å². The number of hydrogen-bond donors (Lipinski definition) is 3. The molecule has 0 amide bonds. The fourth-order valence-corrected chi connectivity index (χ4v) is 2.01. The number of nitrogens with one attached hydrogen (secondary N) is 1. The summed E-state index contributed by atoms with van der Waals surface area (Å²) in [5, 5.41) is 21.9. The lowest BCUT2D eigenvalue weighted by Crippen LogP contribution is -2.22. The maximum atomic E-state index is 9.45. The normalized spacial score (nSPS) is 25.9. The van der Waals surface area contributed by atoms with E-state index in [2.05, 4.69) is 10.3 Å². The molecule has 2 heterocycles. The lowest BCUT2D eigenvalue weighted by molar-refractivity contribution is 0.0572. The number of hydrogen-bond acceptors (Lipinski definition) is 5. The largest absolute Gasteiger partial charge is 0.389 e. The Morgan fingerprint density at radius 3 is 2.75 bits per heavy atom. The molecule has 0 aromatic carbocycles. The van der Waals surface area contributed by atoms with E-state index in [0.29, 0.717) is 19.6 Å². The predicted molar refractivity (Wildman–Crippen MR) is 61.1 cm³/mol. The maximum absolute atomic E-state index is 9.45. The van der Waals surface area contributed by atoms with Crippen molar-refractivity contribution in [2.24, 2.45) is 0 Å². The van der Waals surface area contributed by atoms with E-state index < -0.39 is 12.2 Å². The number of likely N-dealkylation sites (tertiary alicyclic amines) is 1. The monoisotopic (exact) mass is 223 g/mol. The second kappa shape index (κ2) is 4.78. The molecule has 1 aromatic heterocycles. The van der Waals surface area contributed by atoms with Gasteiger partial charge in [-0.05, 0) is 6.07 Å². The minimum atomic E-state index is -0.630. The summed E-state index contributed by atoms with van der Waals surface area (Å²) in [6, 6.07) is 3.88. The number of pyridine rings is 1. The maximum Gasteiger partial charge on any atom is 0.130 e. The second-order valence-electron chi connectivity index (χ2n) is 4.09. The summed E-state index contributed by atoms with van der Waals surface area (Å²) >= 11 is 0. The number of rotatable bonds is 3. The number of nitrogens with zero attached hydrogens (tertiary/aromatic N) is 2. The number of anilines is 1. The Morgan fingerprint density at radius 2 is 2.12 bits per heavy atom. The van der Waals surface area contributed by atoms with Gasteiger partial charge in [0.15, 0.2) is 0 Å². The summed E-state index contributed by atoms with van der Waals surface area (Å²) in [6.45, 7) is 1.72. The number of aliphatic hydroxyl groups excluding tert-OH is 2. The van der Waals surface area contributed by atoms with Crippen LogP contribution in [-0.2, 0) is 6.54 Å². The van der Waals surface area contributed by atoms with Crippen LogP contribution >= 0.6 is 0 Å². The summed E-state index contributed by atoms with van der Waals surface area (Å²) in [4.78, 5) is 6.24. The Kier molecular flexibility index (Phi) is 3.38. The standard InChI is InChI=1S/C11H17N3O2/c1-12-11-8(3-2-4-13-11)5-14-6-9(15)10(16)7-14/h2-4,9-10,15-16H,5-7H2,1H3,(H,12,13). The van der Waals surface area contributed by atoms with E-state index in [4.69, 9.17) is 0 Å². The van der Waals surface area contributed by atoms with Crippen LogP contribution in [0.1, 0.15) is 5.56 Å². The fraction of sp³-hybridized carbons (Fsp3) is 0.545. The highest BCUT2D eigenvalue weighted by Crippen LogP contribution is 2.17. The van der Waals surface area contributed by atoms with Crippen LogP contribution in [-0.4, -0.2) is 52.4 Å². The van der Waals surface area contributed by atoms with E-state index in [1.165, 1.54) is 0 Å². The van der Waals surface area contributed by atoms with Crippen LogP contribution in [0.15, 0.2) is 18.3 Å². The zero-order chi connectivity index (χ0) is 11.5. The van der Waals surface area contributed by atoms with Crippen LogP contribution in [0, 0.1) is 0 Å². The SMILES string of the molecule is CNc1ncccc1CN1CC(O)C(O)C1. The van der Waals surface area contributed by atoms with Gasteiger partial charge in [0.1, 0.15) is 5.82 Å². The molecule has 1 aliphatic heterocycles. The molecule has 1 saturated heterocycles. The smallest absolute Gasteiger partial charge is 0.130 e. The molecular formula is C11H17N3O2. The molecule has 0 bridgehead atoms. The van der Waals surface area contributed by atoms with Crippen molar-refractivity contribution in [2.75, 3.05) is 25.5 Å². The number of aliphatic hydroxyl groups is 2. The van der Waals surface area contributed by atoms with Crippen LogP contribution in [0.2, 0.25) is 0 Å². The van der Waals surface area contributed by atoms with E-state index in [1.54, 1.807) is 6.20 Å². The van der Waals surface area contributed by atoms with Gasteiger partial charge in [0.25, 0.3) is 0 Å². The quantitative estimate of drug-likeness (QED) is 0.654. The summed E-state index contributed by atoms with van der Waals surface area (Å²) in [5.74, 6) is 0.846. The summed E-state index contributed by atoms with van der Waals surface area (Å²) in [6.07, 6.45) is 0.479. The third kappa shape index (κ3) is 2.32. The third-order valence-electron chi connectivity index (χ3n) is 2.86. The Labute approximate surface area is 94.7 Å². The van der Waals surface area contributed by atoms with E-state index in [-0.39, 0.29) is 0 Å². The second-order valence-corrected chi connectivity index (χ2v) is 4.09. The zero-order valence-electron chi connectivity index (χ0n) is 9.30. The van der Waals surface area contributed by atoms with E-state index in [0.717, 1.165) is 11.4 Å². The molecule has 1 aromatic rings. The Hall–Kier alpha value is -1.17. The van der Waals surface area contributed by atoms with Gasteiger partial charge in [0.2, 0.25) is 0 Å².